The van der Waals surface area contributed by atoms with E-state index in [0.29, 0.717) is 56.1 Å². The third-order valence-electron chi connectivity index (χ3n) is 5.27. The normalized spacial score (nSPS) is 23.8. The Kier molecular flexibility index (Phi) is 6.07. The molecule has 140 valence electrons. The smallest absolute Gasteiger partial charge is 0.236 e. The molecule has 26 heavy (non-hydrogen) atoms. The minimum absolute atomic E-state index is 0.173. The fourth-order valence-electron chi connectivity index (χ4n) is 3.76. The highest BCUT2D eigenvalue weighted by molar-refractivity contribution is 5.78. The van der Waals surface area contributed by atoms with E-state index in [1.807, 2.05) is 4.90 Å². The first-order chi connectivity index (χ1) is 12.6. The van der Waals surface area contributed by atoms with Crippen LogP contribution in [0.25, 0.3) is 0 Å². The first kappa shape index (κ1) is 18.6. The molecule has 0 bridgehead atoms. The Bertz CT molecular complexity index is 666. The van der Waals surface area contributed by atoms with Crippen molar-refractivity contribution < 1.29 is 9.53 Å². The Balaban J connectivity index is 1.64. The van der Waals surface area contributed by atoms with Crippen LogP contribution in [0.15, 0.2) is 18.3 Å². The number of carbonyl (C=O) groups excluding carboxylic acids is 1. The first-order valence-electron chi connectivity index (χ1n) is 9.28. The lowest BCUT2D eigenvalue weighted by atomic mass is 9.91. The lowest BCUT2D eigenvalue weighted by Crippen LogP contribution is -2.45. The zero-order valence-electron chi connectivity index (χ0n) is 15.5. The Hall–Kier alpha value is -2.17. The van der Waals surface area contributed by atoms with Crippen LogP contribution in [0.4, 0.5) is 5.82 Å². The highest BCUT2D eigenvalue weighted by Gasteiger charge is 2.36. The summed E-state index contributed by atoms with van der Waals surface area (Å²) in [6, 6.07) is 5.91. The fourth-order valence-corrected chi connectivity index (χ4v) is 3.76. The van der Waals surface area contributed by atoms with Gasteiger partial charge in [0.15, 0.2) is 0 Å². The molecule has 1 amide bonds. The molecule has 0 saturated carbocycles. The van der Waals surface area contributed by atoms with E-state index in [2.05, 4.69) is 35.1 Å². The number of pyridine rings is 1. The van der Waals surface area contributed by atoms with E-state index >= 15 is 0 Å². The average molecular weight is 357 g/mol. The molecule has 2 saturated heterocycles. The van der Waals surface area contributed by atoms with Crippen molar-refractivity contribution in [1.82, 2.24) is 14.8 Å². The van der Waals surface area contributed by atoms with Crippen LogP contribution in [0.5, 0.6) is 0 Å². The van der Waals surface area contributed by atoms with Gasteiger partial charge < -0.3 is 15.0 Å². The van der Waals surface area contributed by atoms with Crippen LogP contribution in [0, 0.1) is 23.2 Å². The maximum Gasteiger partial charge on any atom is 0.236 e. The van der Waals surface area contributed by atoms with E-state index in [1.54, 1.807) is 18.3 Å². The van der Waals surface area contributed by atoms with Crippen molar-refractivity contribution in [2.75, 3.05) is 51.3 Å². The molecule has 2 aliphatic rings. The largest absolute Gasteiger partial charge is 0.378 e. The molecule has 3 heterocycles. The molecule has 2 aliphatic heterocycles. The molecule has 2 fully saturated rings. The van der Waals surface area contributed by atoms with Crippen molar-refractivity contribution >= 4 is 11.7 Å². The third kappa shape index (κ3) is 4.32. The zero-order chi connectivity index (χ0) is 18.5. The van der Waals surface area contributed by atoms with Gasteiger partial charge in [0.25, 0.3) is 0 Å². The monoisotopic (exact) mass is 357 g/mol. The molecule has 0 spiro atoms. The predicted molar refractivity (Wildman–Crippen MR) is 98.5 cm³/mol. The van der Waals surface area contributed by atoms with Crippen LogP contribution in [0.3, 0.4) is 0 Å². The first-order valence-corrected chi connectivity index (χ1v) is 9.28. The van der Waals surface area contributed by atoms with Gasteiger partial charge in [-0.3, -0.25) is 9.69 Å². The van der Waals surface area contributed by atoms with Crippen molar-refractivity contribution in [3.8, 4) is 6.07 Å². The summed E-state index contributed by atoms with van der Waals surface area (Å²) in [6.45, 7) is 9.12. The summed E-state index contributed by atoms with van der Waals surface area (Å²) in [4.78, 5) is 21.0. The number of amides is 1. The number of rotatable bonds is 5. The number of nitrogens with one attached hydrogen (secondary N) is 1. The number of ether oxygens (including phenoxy) is 1. The van der Waals surface area contributed by atoms with Crippen LogP contribution >= 0.6 is 0 Å². The van der Waals surface area contributed by atoms with Crippen molar-refractivity contribution in [3.05, 3.63) is 23.9 Å². The molecule has 1 N–H and O–H groups in total. The Morgan fingerprint density at radius 3 is 2.88 bits per heavy atom. The molecule has 0 aromatic carbocycles. The van der Waals surface area contributed by atoms with E-state index < -0.39 is 0 Å². The number of likely N-dealkylation sites (tertiary alicyclic amines) is 1. The summed E-state index contributed by atoms with van der Waals surface area (Å²) in [5, 5.41) is 12.7. The molecule has 0 radical (unpaired) electrons. The number of anilines is 1. The van der Waals surface area contributed by atoms with E-state index in [0.717, 1.165) is 13.1 Å². The number of carbonyl (C=O) groups is 1. The maximum absolute atomic E-state index is 12.5. The van der Waals surface area contributed by atoms with Gasteiger partial charge in [-0.25, -0.2) is 4.98 Å². The molecule has 1 aromatic rings. The number of hydrogen-bond donors (Lipinski definition) is 1. The van der Waals surface area contributed by atoms with Gasteiger partial charge in [-0.1, -0.05) is 13.8 Å². The van der Waals surface area contributed by atoms with Gasteiger partial charge in [0.05, 0.1) is 25.3 Å². The maximum atomic E-state index is 12.5. The number of morpholine rings is 1. The van der Waals surface area contributed by atoms with E-state index in [-0.39, 0.29) is 11.9 Å². The van der Waals surface area contributed by atoms with Crippen LogP contribution < -0.4 is 5.32 Å². The summed E-state index contributed by atoms with van der Waals surface area (Å²) < 4.78 is 5.32. The van der Waals surface area contributed by atoms with E-state index in [1.165, 1.54) is 0 Å². The third-order valence-corrected chi connectivity index (χ3v) is 5.27. The van der Waals surface area contributed by atoms with Crippen LogP contribution in [0.2, 0.25) is 0 Å². The van der Waals surface area contributed by atoms with Crippen molar-refractivity contribution in [1.29, 1.82) is 5.26 Å². The number of nitrogens with zero attached hydrogens (tertiary/aromatic N) is 4. The van der Waals surface area contributed by atoms with Gasteiger partial charge in [0, 0.05) is 38.4 Å². The van der Waals surface area contributed by atoms with Crippen molar-refractivity contribution in [2.45, 2.75) is 19.9 Å². The standard InChI is InChI=1S/C19H27N5O2/c1-14(2)16-11-23(13-18(25)24-6-8-26-9-7-24)12-17(16)22-19-15(10-20)4-3-5-21-19/h3-5,14,16-17H,6-9,11-13H2,1-2H3,(H,21,22)/t16-,17+/m1/s1. The highest BCUT2D eigenvalue weighted by atomic mass is 16.5. The Morgan fingerprint density at radius 1 is 1.42 bits per heavy atom. The summed E-state index contributed by atoms with van der Waals surface area (Å²) in [6.07, 6.45) is 1.70. The van der Waals surface area contributed by atoms with Gasteiger partial charge in [0.1, 0.15) is 11.9 Å². The predicted octanol–water partition coefficient (Wildman–Crippen LogP) is 1.18. The zero-order valence-corrected chi connectivity index (χ0v) is 15.5. The summed E-state index contributed by atoms with van der Waals surface area (Å²) in [7, 11) is 0. The molecule has 7 heteroatoms. The quantitative estimate of drug-likeness (QED) is 0.852. The molecule has 0 unspecified atom stereocenters. The average Bonchev–Trinajstić information content (AvgIpc) is 3.05. The van der Waals surface area contributed by atoms with Crippen LogP contribution in [0.1, 0.15) is 19.4 Å². The molecular formula is C19H27N5O2. The second-order valence-corrected chi connectivity index (χ2v) is 7.36. The van der Waals surface area contributed by atoms with Gasteiger partial charge >= 0.3 is 0 Å². The lowest BCUT2D eigenvalue weighted by molar-refractivity contribution is -0.136. The number of aromatic nitrogens is 1. The second-order valence-electron chi connectivity index (χ2n) is 7.36. The number of nitriles is 1. The van der Waals surface area contributed by atoms with Gasteiger partial charge in [-0.05, 0) is 24.0 Å². The van der Waals surface area contributed by atoms with Crippen LogP contribution in [-0.4, -0.2) is 72.7 Å². The summed E-state index contributed by atoms with van der Waals surface area (Å²) in [5.41, 5.74) is 0.554. The highest BCUT2D eigenvalue weighted by Crippen LogP contribution is 2.27. The fraction of sp³-hybridized carbons (Fsp3) is 0.632. The molecule has 3 rings (SSSR count). The molecule has 1 aromatic heterocycles. The molecule has 0 aliphatic carbocycles. The molecular weight excluding hydrogens is 330 g/mol. The minimum Gasteiger partial charge on any atom is -0.378 e. The van der Waals surface area contributed by atoms with Gasteiger partial charge in [-0.15, -0.1) is 0 Å². The molecule has 2 atom stereocenters. The Morgan fingerprint density at radius 2 is 2.19 bits per heavy atom. The van der Waals surface area contributed by atoms with E-state index in [4.69, 9.17) is 4.74 Å². The van der Waals surface area contributed by atoms with Gasteiger partial charge in [0.2, 0.25) is 5.91 Å². The molecule has 7 nitrogen and oxygen atoms in total. The minimum atomic E-state index is 0.173. The summed E-state index contributed by atoms with van der Waals surface area (Å²) in [5.74, 6) is 1.69. The van der Waals surface area contributed by atoms with E-state index in [9.17, 15) is 10.1 Å². The SMILES string of the molecule is CC(C)[C@H]1CN(CC(=O)N2CCOCC2)C[C@@H]1Nc1ncccc1C#N. The second kappa shape index (κ2) is 8.47. The van der Waals surface area contributed by atoms with Gasteiger partial charge in [-0.2, -0.15) is 5.26 Å². The topological polar surface area (TPSA) is 81.5 Å². The van der Waals surface area contributed by atoms with Crippen LogP contribution in [-0.2, 0) is 9.53 Å². The lowest BCUT2D eigenvalue weighted by Gasteiger charge is -2.28. The Labute approximate surface area is 154 Å². The van der Waals surface area contributed by atoms with Crippen molar-refractivity contribution in [2.24, 2.45) is 11.8 Å². The summed E-state index contributed by atoms with van der Waals surface area (Å²) >= 11 is 0. The number of hydrogen-bond acceptors (Lipinski definition) is 6. The van der Waals surface area contributed by atoms with Crippen molar-refractivity contribution in [3.63, 3.8) is 0 Å².